The van der Waals surface area contributed by atoms with Crippen LogP contribution in [0.2, 0.25) is 0 Å². The normalized spacial score (nSPS) is 12.0. The summed E-state index contributed by atoms with van der Waals surface area (Å²) in [7, 11) is 0. The molecule has 0 aliphatic carbocycles. The molecule has 2 N–H and O–H groups in total. The van der Waals surface area contributed by atoms with E-state index in [1.807, 2.05) is 54.6 Å². The molecule has 3 aromatic carbocycles. The van der Waals surface area contributed by atoms with Crippen molar-refractivity contribution in [2.75, 3.05) is 5.32 Å². The molecule has 0 spiro atoms. The molecule has 5 rings (SSSR count). The molecule has 158 valence electrons. The Morgan fingerprint density at radius 3 is 2.47 bits per heavy atom. The highest BCUT2D eigenvalue weighted by molar-refractivity contribution is 7.22. The smallest absolute Gasteiger partial charge is 0.339 e. The number of nitrogens with one attached hydrogen (secondary N) is 2. The topological polar surface area (TPSA) is 97.0 Å². The number of thiazole rings is 1. The van der Waals surface area contributed by atoms with Gasteiger partial charge in [0.05, 0.1) is 26.8 Å². The Morgan fingerprint density at radius 1 is 0.938 bits per heavy atom. The molecule has 32 heavy (non-hydrogen) atoms. The summed E-state index contributed by atoms with van der Waals surface area (Å²) in [6.07, 6.45) is -1.00. The maximum atomic E-state index is 12.9. The van der Waals surface area contributed by atoms with Crippen LogP contribution in [0.15, 0.2) is 72.8 Å². The van der Waals surface area contributed by atoms with E-state index in [1.54, 1.807) is 18.2 Å². The van der Waals surface area contributed by atoms with Crippen molar-refractivity contribution >= 4 is 49.6 Å². The summed E-state index contributed by atoms with van der Waals surface area (Å²) in [5.74, 6) is -0.489. The molecule has 0 radical (unpaired) electrons. The molecule has 0 aliphatic heterocycles. The van der Waals surface area contributed by atoms with E-state index >= 15 is 0 Å². The highest BCUT2D eigenvalue weighted by Gasteiger charge is 2.23. The monoisotopic (exact) mass is 442 g/mol. The Morgan fingerprint density at radius 2 is 1.66 bits per heavy atom. The van der Waals surface area contributed by atoms with Gasteiger partial charge in [-0.05, 0) is 37.3 Å². The third-order valence-electron chi connectivity index (χ3n) is 4.97. The van der Waals surface area contributed by atoms with Crippen molar-refractivity contribution in [3.8, 4) is 11.4 Å². The van der Waals surface area contributed by atoms with Crippen LogP contribution in [0.25, 0.3) is 32.6 Å². The second-order valence-corrected chi connectivity index (χ2v) is 8.20. The molecular formula is C24H18N4O3S. The first-order valence-corrected chi connectivity index (χ1v) is 10.8. The molecule has 2 aromatic heterocycles. The van der Waals surface area contributed by atoms with Crippen LogP contribution < -0.4 is 5.32 Å². The first-order chi connectivity index (χ1) is 15.6. The number of amides is 1. The molecule has 0 saturated carbocycles. The number of benzene rings is 3. The zero-order valence-corrected chi connectivity index (χ0v) is 17.8. The zero-order chi connectivity index (χ0) is 22.1. The lowest BCUT2D eigenvalue weighted by Gasteiger charge is -2.13. The van der Waals surface area contributed by atoms with E-state index in [2.05, 4.69) is 20.3 Å². The molecule has 0 bridgehead atoms. The maximum absolute atomic E-state index is 12.9. The number of rotatable bonds is 5. The fourth-order valence-corrected chi connectivity index (χ4v) is 4.23. The Labute approximate surface area is 187 Å². The number of carbonyl (C=O) groups excluding carboxylic acids is 2. The lowest BCUT2D eigenvalue weighted by Crippen LogP contribution is -2.30. The van der Waals surface area contributed by atoms with E-state index in [-0.39, 0.29) is 0 Å². The van der Waals surface area contributed by atoms with Gasteiger partial charge in [-0.15, -0.1) is 0 Å². The summed E-state index contributed by atoms with van der Waals surface area (Å²) in [6, 6.07) is 22.2. The predicted molar refractivity (Wildman–Crippen MR) is 125 cm³/mol. The second-order valence-electron chi connectivity index (χ2n) is 7.17. The van der Waals surface area contributed by atoms with Gasteiger partial charge in [-0.3, -0.25) is 10.1 Å². The Kier molecular flexibility index (Phi) is 5.12. The molecule has 1 unspecified atom stereocenters. The molecule has 1 amide bonds. The van der Waals surface area contributed by atoms with Crippen molar-refractivity contribution in [1.29, 1.82) is 0 Å². The number of esters is 1. The van der Waals surface area contributed by atoms with E-state index < -0.39 is 18.0 Å². The number of aromatic nitrogens is 3. The van der Waals surface area contributed by atoms with Gasteiger partial charge in [0.1, 0.15) is 5.82 Å². The number of hydrogen-bond acceptors (Lipinski definition) is 6. The van der Waals surface area contributed by atoms with Gasteiger partial charge >= 0.3 is 5.97 Å². The summed E-state index contributed by atoms with van der Waals surface area (Å²) in [5, 5.41) is 3.18. The summed E-state index contributed by atoms with van der Waals surface area (Å²) >= 11 is 1.36. The summed E-state index contributed by atoms with van der Waals surface area (Å²) in [5.41, 5.74) is 3.40. The molecule has 1 atom stereocenters. The largest absolute Gasteiger partial charge is 0.449 e. The first-order valence-electron chi connectivity index (χ1n) is 10.00. The summed E-state index contributed by atoms with van der Waals surface area (Å²) in [4.78, 5) is 37.7. The van der Waals surface area contributed by atoms with Gasteiger partial charge in [-0.1, -0.05) is 53.8 Å². The van der Waals surface area contributed by atoms with Crippen LogP contribution in [-0.2, 0) is 9.53 Å². The van der Waals surface area contributed by atoms with Gasteiger partial charge in [-0.2, -0.15) is 0 Å². The maximum Gasteiger partial charge on any atom is 0.339 e. The predicted octanol–water partition coefficient (Wildman–Crippen LogP) is 5.02. The van der Waals surface area contributed by atoms with Crippen molar-refractivity contribution in [1.82, 2.24) is 15.0 Å². The molecule has 0 saturated heterocycles. The number of para-hydroxylation sites is 3. The number of fused-ring (bicyclic) bond motifs is 2. The van der Waals surface area contributed by atoms with Gasteiger partial charge in [-0.25, -0.2) is 14.8 Å². The third-order valence-corrected chi connectivity index (χ3v) is 5.92. The van der Waals surface area contributed by atoms with Gasteiger partial charge in [0.2, 0.25) is 0 Å². The highest BCUT2D eigenvalue weighted by Crippen LogP contribution is 2.27. The minimum atomic E-state index is -1.00. The standard InChI is InChI=1S/C24H18N4O3S/c1-14(22(29)28-24-27-19-12-6-7-13-20(19)32-24)31-23(30)16-9-3-2-8-15(16)21-25-17-10-4-5-11-18(17)26-21/h2-14H,1H3,(H,25,26)(H,27,28,29). The van der Waals surface area contributed by atoms with E-state index in [0.717, 1.165) is 21.3 Å². The van der Waals surface area contributed by atoms with Gasteiger partial charge < -0.3 is 9.72 Å². The minimum absolute atomic E-state index is 0.325. The van der Waals surface area contributed by atoms with E-state index in [9.17, 15) is 9.59 Å². The highest BCUT2D eigenvalue weighted by atomic mass is 32.1. The minimum Gasteiger partial charge on any atom is -0.449 e. The average Bonchev–Trinajstić information content (AvgIpc) is 3.42. The summed E-state index contributed by atoms with van der Waals surface area (Å²) < 4.78 is 6.43. The third kappa shape index (κ3) is 3.83. The van der Waals surface area contributed by atoms with Gasteiger partial charge in [0.25, 0.3) is 5.91 Å². The van der Waals surface area contributed by atoms with E-state index in [4.69, 9.17) is 4.74 Å². The number of imidazole rings is 1. The van der Waals surface area contributed by atoms with Crippen LogP contribution in [0.4, 0.5) is 5.13 Å². The van der Waals surface area contributed by atoms with Crippen LogP contribution in [0.5, 0.6) is 0 Å². The van der Waals surface area contributed by atoms with E-state index in [0.29, 0.717) is 22.1 Å². The second kappa shape index (κ2) is 8.24. The fourth-order valence-electron chi connectivity index (χ4n) is 3.36. The molecular weight excluding hydrogens is 424 g/mol. The van der Waals surface area contributed by atoms with Crippen LogP contribution in [0.1, 0.15) is 17.3 Å². The Hall–Kier alpha value is -4.04. The molecule has 8 heteroatoms. The van der Waals surface area contributed by atoms with Crippen molar-refractivity contribution in [3.05, 3.63) is 78.4 Å². The van der Waals surface area contributed by atoms with Crippen molar-refractivity contribution < 1.29 is 14.3 Å². The van der Waals surface area contributed by atoms with Crippen molar-refractivity contribution in [2.45, 2.75) is 13.0 Å². The molecule has 0 fully saturated rings. The first kappa shape index (κ1) is 19.9. The Bertz CT molecular complexity index is 1390. The number of hydrogen-bond donors (Lipinski definition) is 2. The number of anilines is 1. The molecule has 5 aromatic rings. The van der Waals surface area contributed by atoms with Crippen LogP contribution in [0, 0.1) is 0 Å². The number of H-pyrrole nitrogens is 1. The number of nitrogens with zero attached hydrogens (tertiary/aromatic N) is 2. The number of aromatic amines is 1. The summed E-state index contributed by atoms with van der Waals surface area (Å²) in [6.45, 7) is 1.53. The number of carbonyl (C=O) groups is 2. The Balaban J connectivity index is 1.33. The van der Waals surface area contributed by atoms with Gasteiger partial charge in [0.15, 0.2) is 11.2 Å². The fraction of sp³-hybridized carbons (Fsp3) is 0.0833. The van der Waals surface area contributed by atoms with E-state index in [1.165, 1.54) is 18.3 Å². The lowest BCUT2D eigenvalue weighted by molar-refractivity contribution is -0.123. The SMILES string of the molecule is CC(OC(=O)c1ccccc1-c1nc2ccccc2[nH]1)C(=O)Nc1nc2ccccc2s1. The molecule has 7 nitrogen and oxygen atoms in total. The van der Waals surface area contributed by atoms with Crippen LogP contribution in [-0.4, -0.2) is 32.9 Å². The van der Waals surface area contributed by atoms with Crippen molar-refractivity contribution in [2.24, 2.45) is 0 Å². The average molecular weight is 443 g/mol. The van der Waals surface area contributed by atoms with Crippen molar-refractivity contribution in [3.63, 3.8) is 0 Å². The van der Waals surface area contributed by atoms with Gasteiger partial charge in [0, 0.05) is 5.56 Å². The van der Waals surface area contributed by atoms with Crippen LogP contribution >= 0.6 is 11.3 Å². The van der Waals surface area contributed by atoms with Crippen LogP contribution in [0.3, 0.4) is 0 Å². The lowest BCUT2D eigenvalue weighted by atomic mass is 10.1. The number of ether oxygens (including phenoxy) is 1. The quantitative estimate of drug-likeness (QED) is 0.372. The zero-order valence-electron chi connectivity index (χ0n) is 17.0. The molecule has 0 aliphatic rings. The molecule has 2 heterocycles.